The Morgan fingerprint density at radius 3 is 2.56 bits per heavy atom. The summed E-state index contributed by atoms with van der Waals surface area (Å²) in [6, 6.07) is 5.63. The molecule has 0 atom stereocenters. The summed E-state index contributed by atoms with van der Waals surface area (Å²) >= 11 is 0. The Morgan fingerprint density at radius 2 is 1.91 bits per heavy atom. The number of hydrogen-bond acceptors (Lipinski definition) is 5. The molecule has 0 unspecified atom stereocenters. The topological polar surface area (TPSA) is 72.3 Å². The second kappa shape index (κ2) is 8.42. The number of amides is 1. The Balaban J connectivity index is 1.66. The van der Waals surface area contributed by atoms with Crippen LogP contribution in [0.2, 0.25) is 0 Å². The van der Waals surface area contributed by atoms with E-state index in [1.165, 1.54) is 6.07 Å². The highest BCUT2D eigenvalue weighted by atomic mass is 19.4. The molecule has 0 radical (unpaired) electrons. The molecule has 1 amide bonds. The van der Waals surface area contributed by atoms with Gasteiger partial charge >= 0.3 is 6.18 Å². The van der Waals surface area contributed by atoms with Gasteiger partial charge in [-0.05, 0) is 45.0 Å². The first kappa shape index (κ1) is 22.1. The maximum atomic E-state index is 13.8. The van der Waals surface area contributed by atoms with E-state index in [0.717, 1.165) is 6.07 Å². The summed E-state index contributed by atoms with van der Waals surface area (Å²) in [7, 11) is 0. The van der Waals surface area contributed by atoms with Crippen molar-refractivity contribution in [1.29, 1.82) is 0 Å². The van der Waals surface area contributed by atoms with Crippen molar-refractivity contribution in [2.75, 3.05) is 36.5 Å². The number of pyridine rings is 1. The zero-order valence-corrected chi connectivity index (χ0v) is 18.0. The van der Waals surface area contributed by atoms with E-state index in [1.54, 1.807) is 29.9 Å². The molecule has 1 aliphatic rings. The van der Waals surface area contributed by atoms with Gasteiger partial charge in [-0.3, -0.25) is 4.79 Å². The van der Waals surface area contributed by atoms with E-state index in [1.807, 2.05) is 18.7 Å². The SMILES string of the molecule is Cc1nc2c(cnn2C(C)C)cc1C(=O)Nc1ccc(N2CCOCC2)cc1C(F)(F)F. The van der Waals surface area contributed by atoms with Crippen molar-refractivity contribution < 1.29 is 22.7 Å². The lowest BCUT2D eigenvalue weighted by atomic mass is 10.1. The van der Waals surface area contributed by atoms with Gasteiger partial charge in [0.15, 0.2) is 5.65 Å². The average Bonchev–Trinajstić information content (AvgIpc) is 3.16. The highest BCUT2D eigenvalue weighted by Crippen LogP contribution is 2.38. The summed E-state index contributed by atoms with van der Waals surface area (Å²) in [5.74, 6) is -0.654. The van der Waals surface area contributed by atoms with Crippen LogP contribution in [0.1, 0.15) is 41.5 Å². The van der Waals surface area contributed by atoms with Gasteiger partial charge in [0.05, 0.1) is 41.9 Å². The number of carbonyl (C=O) groups excluding carboxylic acids is 1. The molecule has 1 aliphatic heterocycles. The molecule has 7 nitrogen and oxygen atoms in total. The fourth-order valence-corrected chi connectivity index (χ4v) is 3.76. The number of hydrogen-bond donors (Lipinski definition) is 1. The van der Waals surface area contributed by atoms with E-state index >= 15 is 0 Å². The number of halogens is 3. The van der Waals surface area contributed by atoms with Gasteiger partial charge in [-0.25, -0.2) is 9.67 Å². The highest BCUT2D eigenvalue weighted by molar-refractivity contribution is 6.07. The summed E-state index contributed by atoms with van der Waals surface area (Å²) < 4.78 is 48.4. The largest absolute Gasteiger partial charge is 0.418 e. The number of benzene rings is 1. The van der Waals surface area contributed by atoms with Crippen LogP contribution < -0.4 is 10.2 Å². The predicted octanol–water partition coefficient (Wildman–Crippen LogP) is 4.43. The number of nitrogens with one attached hydrogen (secondary N) is 1. The summed E-state index contributed by atoms with van der Waals surface area (Å²) in [6.45, 7) is 7.52. The molecule has 1 aromatic carbocycles. The first-order valence-corrected chi connectivity index (χ1v) is 10.4. The molecule has 170 valence electrons. The van der Waals surface area contributed by atoms with Gasteiger partial charge in [-0.2, -0.15) is 18.3 Å². The number of morpholine rings is 1. The van der Waals surface area contributed by atoms with Gasteiger partial charge < -0.3 is 15.0 Å². The van der Waals surface area contributed by atoms with E-state index in [4.69, 9.17) is 4.74 Å². The van der Waals surface area contributed by atoms with Crippen LogP contribution in [0, 0.1) is 6.92 Å². The monoisotopic (exact) mass is 447 g/mol. The maximum absolute atomic E-state index is 13.8. The Kier molecular flexibility index (Phi) is 5.81. The van der Waals surface area contributed by atoms with Gasteiger partial charge in [0.1, 0.15) is 0 Å². The first-order chi connectivity index (χ1) is 15.1. The van der Waals surface area contributed by atoms with Crippen LogP contribution in [0.25, 0.3) is 11.0 Å². The van der Waals surface area contributed by atoms with Crippen LogP contribution in [-0.2, 0) is 10.9 Å². The second-order valence-corrected chi connectivity index (χ2v) is 8.00. The quantitative estimate of drug-likeness (QED) is 0.641. The van der Waals surface area contributed by atoms with Crippen molar-refractivity contribution in [3.05, 3.63) is 47.3 Å². The molecule has 2 aromatic heterocycles. The number of rotatable bonds is 4. The van der Waals surface area contributed by atoms with Crippen LogP contribution in [-0.4, -0.2) is 47.0 Å². The summed E-state index contributed by atoms with van der Waals surface area (Å²) in [4.78, 5) is 19.2. The minimum Gasteiger partial charge on any atom is -0.378 e. The van der Waals surface area contributed by atoms with Crippen molar-refractivity contribution in [2.24, 2.45) is 0 Å². The number of alkyl halides is 3. The zero-order valence-electron chi connectivity index (χ0n) is 18.0. The molecule has 0 bridgehead atoms. The van der Waals surface area contributed by atoms with Gasteiger partial charge in [0.25, 0.3) is 5.91 Å². The zero-order chi connectivity index (χ0) is 23.0. The molecule has 10 heteroatoms. The molecule has 3 heterocycles. The fraction of sp³-hybridized carbons (Fsp3) is 0.409. The van der Waals surface area contributed by atoms with Crippen molar-refractivity contribution in [2.45, 2.75) is 33.0 Å². The van der Waals surface area contributed by atoms with E-state index in [-0.39, 0.29) is 17.3 Å². The molecule has 0 spiro atoms. The van der Waals surface area contributed by atoms with Gasteiger partial charge in [-0.1, -0.05) is 0 Å². The summed E-state index contributed by atoms with van der Waals surface area (Å²) in [5, 5.41) is 7.36. The minimum atomic E-state index is -4.62. The minimum absolute atomic E-state index is 0.0819. The number of anilines is 2. The van der Waals surface area contributed by atoms with Crippen LogP contribution in [0.4, 0.5) is 24.5 Å². The average molecular weight is 447 g/mol. The molecular weight excluding hydrogens is 423 g/mol. The fourth-order valence-electron chi connectivity index (χ4n) is 3.76. The number of fused-ring (bicyclic) bond motifs is 1. The molecule has 1 fully saturated rings. The first-order valence-electron chi connectivity index (χ1n) is 10.4. The smallest absolute Gasteiger partial charge is 0.378 e. The highest BCUT2D eigenvalue weighted by Gasteiger charge is 2.35. The standard InChI is InChI=1S/C22H24F3N5O2/c1-13(2)30-20-15(12-26-30)10-17(14(3)27-20)21(31)28-19-5-4-16(11-18(19)22(23,24)25)29-6-8-32-9-7-29/h4-5,10-13H,6-9H2,1-3H3,(H,28,31). The predicted molar refractivity (Wildman–Crippen MR) is 115 cm³/mol. The number of ether oxygens (including phenoxy) is 1. The lowest BCUT2D eigenvalue weighted by Gasteiger charge is -2.29. The molecule has 3 aromatic rings. The third kappa shape index (κ3) is 4.27. The molecule has 0 saturated carbocycles. The number of carbonyl (C=O) groups is 1. The number of aryl methyl sites for hydroxylation is 1. The van der Waals surface area contributed by atoms with E-state index < -0.39 is 17.6 Å². The van der Waals surface area contributed by atoms with Crippen LogP contribution >= 0.6 is 0 Å². The third-order valence-corrected chi connectivity index (χ3v) is 5.43. The van der Waals surface area contributed by atoms with Crippen molar-refractivity contribution in [1.82, 2.24) is 14.8 Å². The Hall–Kier alpha value is -3.14. The lowest BCUT2D eigenvalue weighted by Crippen LogP contribution is -2.36. The Morgan fingerprint density at radius 1 is 1.19 bits per heavy atom. The maximum Gasteiger partial charge on any atom is 0.418 e. The third-order valence-electron chi connectivity index (χ3n) is 5.43. The van der Waals surface area contributed by atoms with Crippen LogP contribution in [0.15, 0.2) is 30.5 Å². The Bertz CT molecular complexity index is 1150. The number of aromatic nitrogens is 3. The molecule has 0 aliphatic carbocycles. The normalized spacial score (nSPS) is 14.9. The van der Waals surface area contributed by atoms with Crippen molar-refractivity contribution >= 4 is 28.3 Å². The lowest BCUT2D eigenvalue weighted by molar-refractivity contribution is -0.136. The van der Waals surface area contributed by atoms with Gasteiger partial charge in [0.2, 0.25) is 0 Å². The van der Waals surface area contributed by atoms with Crippen molar-refractivity contribution in [3.8, 4) is 0 Å². The van der Waals surface area contributed by atoms with Gasteiger partial charge in [-0.15, -0.1) is 0 Å². The van der Waals surface area contributed by atoms with Gasteiger partial charge in [0, 0.05) is 30.2 Å². The van der Waals surface area contributed by atoms with Crippen LogP contribution in [0.5, 0.6) is 0 Å². The van der Waals surface area contributed by atoms with Crippen molar-refractivity contribution in [3.63, 3.8) is 0 Å². The number of nitrogens with zero attached hydrogens (tertiary/aromatic N) is 4. The second-order valence-electron chi connectivity index (χ2n) is 8.00. The Labute approximate surface area is 183 Å². The molecular formula is C22H24F3N5O2. The summed E-state index contributed by atoms with van der Waals surface area (Å²) in [6.07, 6.45) is -3.03. The van der Waals surface area contributed by atoms with E-state index in [2.05, 4.69) is 15.4 Å². The van der Waals surface area contributed by atoms with E-state index in [0.29, 0.717) is 48.7 Å². The molecule has 1 N–H and O–H groups in total. The van der Waals surface area contributed by atoms with Crippen LogP contribution in [0.3, 0.4) is 0 Å². The molecule has 1 saturated heterocycles. The molecule has 4 rings (SSSR count). The van der Waals surface area contributed by atoms with E-state index in [9.17, 15) is 18.0 Å². The molecule has 32 heavy (non-hydrogen) atoms. The summed E-state index contributed by atoms with van der Waals surface area (Å²) in [5.41, 5.74) is 0.493.